The molecule has 0 aliphatic heterocycles. The van der Waals surface area contributed by atoms with Crippen LogP contribution >= 0.6 is 22.9 Å². The highest BCUT2D eigenvalue weighted by Crippen LogP contribution is 2.34. The maximum Gasteiger partial charge on any atom is 0.341 e. The number of halogens is 1. The van der Waals surface area contributed by atoms with Gasteiger partial charge in [-0.05, 0) is 38.8 Å². The summed E-state index contributed by atoms with van der Waals surface area (Å²) in [6, 6.07) is 1.56. The molecule has 3 heterocycles. The number of aryl methyl sites for hydroxylation is 1. The number of carbonyl (C=O) groups excluding carboxylic acids is 3. The standard InChI is InChI=1S/C22H27ClN6O4S/c1-7-10-33-22(32)16-12(2)18(21(31)27(5)6)34-20(16)24-19(30)15-8-9-28(26-15)11-29-14(4)17(23)13(3)25-29/h8-9H,7,10-11H2,1-6H3,(H,24,30). The molecule has 0 aliphatic carbocycles. The summed E-state index contributed by atoms with van der Waals surface area (Å²) >= 11 is 7.23. The first-order valence-corrected chi connectivity index (χ1v) is 11.8. The lowest BCUT2D eigenvalue weighted by Gasteiger charge is -2.09. The number of ether oxygens (including phenoxy) is 1. The molecule has 0 saturated heterocycles. The molecule has 0 saturated carbocycles. The van der Waals surface area contributed by atoms with E-state index in [1.54, 1.807) is 42.6 Å². The predicted octanol–water partition coefficient (Wildman–Crippen LogP) is 3.75. The number of aromatic nitrogens is 4. The van der Waals surface area contributed by atoms with E-state index in [1.807, 2.05) is 20.8 Å². The van der Waals surface area contributed by atoms with Gasteiger partial charge in [-0.3, -0.25) is 14.3 Å². The number of esters is 1. The average Bonchev–Trinajstić information content (AvgIpc) is 3.45. The Morgan fingerprint density at radius 3 is 2.50 bits per heavy atom. The second-order valence-electron chi connectivity index (χ2n) is 7.92. The molecule has 0 spiro atoms. The molecule has 3 rings (SSSR count). The van der Waals surface area contributed by atoms with Crippen LogP contribution in [0.25, 0.3) is 0 Å². The summed E-state index contributed by atoms with van der Waals surface area (Å²) in [5.74, 6) is -1.36. The van der Waals surface area contributed by atoms with Crippen LogP contribution in [0, 0.1) is 20.8 Å². The SMILES string of the molecule is CCCOC(=O)c1c(NC(=O)c2ccn(Cn3nc(C)c(Cl)c3C)n2)sc(C(=O)N(C)C)c1C. The number of rotatable bonds is 8. The Hall–Kier alpha value is -3.18. The van der Waals surface area contributed by atoms with Gasteiger partial charge < -0.3 is 15.0 Å². The summed E-state index contributed by atoms with van der Waals surface area (Å²) in [4.78, 5) is 40.0. The average molecular weight is 507 g/mol. The molecule has 12 heteroatoms. The van der Waals surface area contributed by atoms with Crippen LogP contribution in [-0.4, -0.2) is 62.9 Å². The van der Waals surface area contributed by atoms with Crippen LogP contribution in [0.5, 0.6) is 0 Å². The lowest BCUT2D eigenvalue weighted by Crippen LogP contribution is -2.21. The van der Waals surface area contributed by atoms with Gasteiger partial charge in [0.2, 0.25) is 0 Å². The minimum Gasteiger partial charge on any atom is -0.462 e. The zero-order valence-electron chi connectivity index (χ0n) is 19.9. The summed E-state index contributed by atoms with van der Waals surface area (Å²) in [7, 11) is 3.24. The van der Waals surface area contributed by atoms with E-state index in [2.05, 4.69) is 15.5 Å². The molecule has 0 radical (unpaired) electrons. The number of thiophene rings is 1. The Morgan fingerprint density at radius 1 is 1.21 bits per heavy atom. The van der Waals surface area contributed by atoms with E-state index in [9.17, 15) is 14.4 Å². The van der Waals surface area contributed by atoms with Crippen molar-refractivity contribution in [3.63, 3.8) is 0 Å². The maximum atomic E-state index is 12.9. The van der Waals surface area contributed by atoms with Crippen molar-refractivity contribution in [1.82, 2.24) is 24.5 Å². The summed E-state index contributed by atoms with van der Waals surface area (Å²) < 4.78 is 8.53. The Kier molecular flexibility index (Phi) is 7.78. The van der Waals surface area contributed by atoms with E-state index in [4.69, 9.17) is 16.3 Å². The van der Waals surface area contributed by atoms with Crippen molar-refractivity contribution in [2.75, 3.05) is 26.0 Å². The highest BCUT2D eigenvalue weighted by Gasteiger charge is 2.28. The molecule has 0 bridgehead atoms. The van der Waals surface area contributed by atoms with Crippen molar-refractivity contribution in [3.8, 4) is 0 Å². The molecule has 0 unspecified atom stereocenters. The summed E-state index contributed by atoms with van der Waals surface area (Å²) in [6.07, 6.45) is 2.30. The molecule has 3 aromatic rings. The Bertz CT molecular complexity index is 1240. The van der Waals surface area contributed by atoms with Crippen LogP contribution in [0.4, 0.5) is 5.00 Å². The largest absolute Gasteiger partial charge is 0.462 e. The van der Waals surface area contributed by atoms with Crippen LogP contribution in [0.3, 0.4) is 0 Å². The van der Waals surface area contributed by atoms with Gasteiger partial charge in [-0.2, -0.15) is 10.2 Å². The first-order valence-electron chi connectivity index (χ1n) is 10.6. The highest BCUT2D eigenvalue weighted by molar-refractivity contribution is 7.18. The monoisotopic (exact) mass is 506 g/mol. The Labute approximate surface area is 206 Å². The van der Waals surface area contributed by atoms with Gasteiger partial charge in [-0.25, -0.2) is 9.48 Å². The third kappa shape index (κ3) is 5.15. The number of anilines is 1. The summed E-state index contributed by atoms with van der Waals surface area (Å²) in [6.45, 7) is 7.73. The molecule has 2 amide bonds. The van der Waals surface area contributed by atoms with Gasteiger partial charge >= 0.3 is 5.97 Å². The molecule has 3 aromatic heterocycles. The fourth-order valence-corrected chi connectivity index (χ4v) is 4.55. The number of nitrogens with one attached hydrogen (secondary N) is 1. The van der Waals surface area contributed by atoms with E-state index >= 15 is 0 Å². The van der Waals surface area contributed by atoms with Gasteiger partial charge in [0.25, 0.3) is 11.8 Å². The molecule has 10 nitrogen and oxygen atoms in total. The highest BCUT2D eigenvalue weighted by atomic mass is 35.5. The van der Waals surface area contributed by atoms with E-state index < -0.39 is 11.9 Å². The van der Waals surface area contributed by atoms with Crippen molar-refractivity contribution in [2.45, 2.75) is 40.8 Å². The lowest BCUT2D eigenvalue weighted by atomic mass is 10.1. The third-order valence-corrected chi connectivity index (χ3v) is 6.80. The number of amides is 2. The fraction of sp³-hybridized carbons (Fsp3) is 0.409. The predicted molar refractivity (Wildman–Crippen MR) is 130 cm³/mol. The van der Waals surface area contributed by atoms with E-state index in [-0.39, 0.29) is 35.4 Å². The minimum atomic E-state index is -0.587. The lowest BCUT2D eigenvalue weighted by molar-refractivity contribution is 0.0506. The molecule has 1 N–H and O–H groups in total. The molecule has 0 fully saturated rings. The quantitative estimate of drug-likeness (QED) is 0.466. The molecule has 0 aliphatic rings. The number of carbonyl (C=O) groups is 3. The van der Waals surface area contributed by atoms with E-state index in [0.717, 1.165) is 17.0 Å². The van der Waals surface area contributed by atoms with Gasteiger partial charge in [0, 0.05) is 20.3 Å². The van der Waals surface area contributed by atoms with Crippen molar-refractivity contribution >= 4 is 45.7 Å². The van der Waals surface area contributed by atoms with E-state index in [1.165, 1.54) is 4.90 Å². The first kappa shape index (κ1) is 25.4. The van der Waals surface area contributed by atoms with Crippen LogP contribution in [-0.2, 0) is 11.4 Å². The number of hydrogen-bond acceptors (Lipinski definition) is 7. The number of nitrogens with zero attached hydrogens (tertiary/aromatic N) is 5. The topological polar surface area (TPSA) is 111 Å². The van der Waals surface area contributed by atoms with Gasteiger partial charge in [0.1, 0.15) is 11.7 Å². The second kappa shape index (κ2) is 10.4. The van der Waals surface area contributed by atoms with Crippen LogP contribution in [0.1, 0.15) is 60.8 Å². The van der Waals surface area contributed by atoms with Gasteiger partial charge in [0.05, 0.1) is 33.5 Å². The summed E-state index contributed by atoms with van der Waals surface area (Å²) in [5.41, 5.74) is 2.29. The second-order valence-corrected chi connectivity index (χ2v) is 9.31. The smallest absolute Gasteiger partial charge is 0.341 e. The normalized spacial score (nSPS) is 10.9. The van der Waals surface area contributed by atoms with Crippen LogP contribution in [0.15, 0.2) is 12.3 Å². The maximum absolute atomic E-state index is 12.9. The van der Waals surface area contributed by atoms with Gasteiger partial charge in [-0.15, -0.1) is 11.3 Å². The zero-order valence-corrected chi connectivity index (χ0v) is 21.5. The molecule has 182 valence electrons. The van der Waals surface area contributed by atoms with Crippen molar-refractivity contribution in [2.24, 2.45) is 0 Å². The minimum absolute atomic E-state index is 0.145. The zero-order chi connectivity index (χ0) is 25.2. The van der Waals surface area contributed by atoms with Crippen molar-refractivity contribution < 1.29 is 19.1 Å². The number of hydrogen-bond donors (Lipinski definition) is 1. The molecule has 0 aromatic carbocycles. The van der Waals surface area contributed by atoms with Crippen LogP contribution < -0.4 is 5.32 Å². The van der Waals surface area contributed by atoms with Gasteiger partial charge in [-0.1, -0.05) is 18.5 Å². The molecule has 0 atom stereocenters. The first-order chi connectivity index (χ1) is 16.0. The fourth-order valence-electron chi connectivity index (χ4n) is 3.20. The van der Waals surface area contributed by atoms with E-state index in [0.29, 0.717) is 27.6 Å². The van der Waals surface area contributed by atoms with Crippen LogP contribution in [0.2, 0.25) is 5.02 Å². The third-order valence-electron chi connectivity index (χ3n) is 5.06. The van der Waals surface area contributed by atoms with Crippen molar-refractivity contribution in [1.29, 1.82) is 0 Å². The van der Waals surface area contributed by atoms with Gasteiger partial charge in [0.15, 0.2) is 5.69 Å². The Balaban J connectivity index is 1.86. The van der Waals surface area contributed by atoms with Crippen molar-refractivity contribution in [3.05, 3.63) is 50.4 Å². The molecular weight excluding hydrogens is 480 g/mol. The molecule has 34 heavy (non-hydrogen) atoms. The summed E-state index contributed by atoms with van der Waals surface area (Å²) in [5, 5.41) is 12.2. The molecular formula is C22H27ClN6O4S. The Morgan fingerprint density at radius 2 is 1.91 bits per heavy atom.